The second-order valence-corrected chi connectivity index (χ2v) is 5.97. The van der Waals surface area contributed by atoms with Gasteiger partial charge in [-0.15, -0.1) is 0 Å². The lowest BCUT2D eigenvalue weighted by molar-refractivity contribution is 0.458. The predicted molar refractivity (Wildman–Crippen MR) is 77.4 cm³/mol. The number of rotatable bonds is 6. The van der Waals surface area contributed by atoms with Crippen molar-refractivity contribution >= 4 is 23.4 Å². The fraction of sp³-hybridized carbons (Fsp3) is 0.357. The number of pyridine rings is 1. The minimum absolute atomic E-state index is 0.690. The summed E-state index contributed by atoms with van der Waals surface area (Å²) in [7, 11) is 0. The molecule has 0 radical (unpaired) electrons. The smallest absolute Gasteiger partial charge is 0.118 e. The molecule has 3 nitrogen and oxygen atoms in total. The van der Waals surface area contributed by atoms with Crippen LogP contribution in [0.1, 0.15) is 24.4 Å². The standard InChI is InChI=1S/C14H15ClN2OS/c15-13-2-1-7-16-14(13)19-9-12-6-5-11(18-12)8-17-10-3-4-10/h1-2,5-7,10,17H,3-4,8-9H2. The Kier molecular flexibility index (Phi) is 4.11. The van der Waals surface area contributed by atoms with Gasteiger partial charge in [0.15, 0.2) is 0 Å². The molecule has 2 heterocycles. The largest absolute Gasteiger partial charge is 0.464 e. The first-order valence-corrected chi connectivity index (χ1v) is 7.72. The summed E-state index contributed by atoms with van der Waals surface area (Å²) in [4.78, 5) is 4.24. The van der Waals surface area contributed by atoms with Crippen molar-refractivity contribution in [1.29, 1.82) is 0 Å². The summed E-state index contributed by atoms with van der Waals surface area (Å²) in [6.45, 7) is 0.819. The Hall–Kier alpha value is -0.970. The quantitative estimate of drug-likeness (QED) is 0.821. The average molecular weight is 295 g/mol. The SMILES string of the molecule is Clc1cccnc1SCc1ccc(CNC2CC2)o1. The fourth-order valence-corrected chi connectivity index (χ4v) is 2.80. The Morgan fingerprint density at radius 2 is 2.16 bits per heavy atom. The molecular weight excluding hydrogens is 280 g/mol. The maximum Gasteiger partial charge on any atom is 0.118 e. The second kappa shape index (κ2) is 5.99. The van der Waals surface area contributed by atoms with E-state index in [1.54, 1.807) is 18.0 Å². The Balaban J connectivity index is 1.53. The van der Waals surface area contributed by atoms with Crippen molar-refractivity contribution in [3.05, 3.63) is 47.0 Å². The van der Waals surface area contributed by atoms with Gasteiger partial charge >= 0.3 is 0 Å². The first-order valence-electron chi connectivity index (χ1n) is 6.35. The molecule has 0 unspecified atom stereocenters. The van der Waals surface area contributed by atoms with Crippen molar-refractivity contribution in [3.8, 4) is 0 Å². The highest BCUT2D eigenvalue weighted by molar-refractivity contribution is 7.98. The number of furan rings is 1. The number of thioether (sulfide) groups is 1. The summed E-state index contributed by atoms with van der Waals surface area (Å²) in [6.07, 6.45) is 4.34. The molecule has 0 spiro atoms. The molecule has 0 atom stereocenters. The third-order valence-corrected chi connectivity index (χ3v) is 4.38. The van der Waals surface area contributed by atoms with E-state index in [1.807, 2.05) is 24.3 Å². The lowest BCUT2D eigenvalue weighted by Gasteiger charge is -2.01. The zero-order valence-electron chi connectivity index (χ0n) is 10.4. The van der Waals surface area contributed by atoms with Gasteiger partial charge in [0, 0.05) is 12.2 Å². The van der Waals surface area contributed by atoms with Crippen LogP contribution in [0.4, 0.5) is 0 Å². The third kappa shape index (κ3) is 3.75. The number of nitrogens with zero attached hydrogens (tertiary/aromatic N) is 1. The Morgan fingerprint density at radius 3 is 2.95 bits per heavy atom. The number of aromatic nitrogens is 1. The normalized spacial score (nSPS) is 14.8. The van der Waals surface area contributed by atoms with E-state index < -0.39 is 0 Å². The van der Waals surface area contributed by atoms with Crippen LogP contribution in [0, 0.1) is 0 Å². The van der Waals surface area contributed by atoms with Crippen molar-refractivity contribution in [2.24, 2.45) is 0 Å². The molecule has 3 rings (SSSR count). The Morgan fingerprint density at radius 1 is 1.32 bits per heavy atom. The van der Waals surface area contributed by atoms with Crippen LogP contribution in [0.15, 0.2) is 39.9 Å². The topological polar surface area (TPSA) is 38.1 Å². The third-order valence-electron chi connectivity index (χ3n) is 2.94. The highest BCUT2D eigenvalue weighted by atomic mass is 35.5. The zero-order chi connectivity index (χ0) is 13.1. The van der Waals surface area contributed by atoms with Crippen molar-refractivity contribution in [1.82, 2.24) is 10.3 Å². The molecule has 19 heavy (non-hydrogen) atoms. The summed E-state index contributed by atoms with van der Waals surface area (Å²) in [5, 5.41) is 4.97. The lowest BCUT2D eigenvalue weighted by Crippen LogP contribution is -2.14. The molecule has 0 aliphatic heterocycles. The molecule has 1 N–H and O–H groups in total. The van der Waals surface area contributed by atoms with Crippen LogP contribution in [0.5, 0.6) is 0 Å². The molecular formula is C14H15ClN2OS. The summed E-state index contributed by atoms with van der Waals surface area (Å²) in [5.41, 5.74) is 0. The van der Waals surface area contributed by atoms with Crippen molar-refractivity contribution in [2.45, 2.75) is 36.2 Å². The van der Waals surface area contributed by atoms with Gasteiger partial charge < -0.3 is 9.73 Å². The Labute approximate surface area is 121 Å². The molecule has 0 amide bonds. The fourth-order valence-electron chi connectivity index (χ4n) is 1.74. The van der Waals surface area contributed by atoms with E-state index in [1.165, 1.54) is 12.8 Å². The van der Waals surface area contributed by atoms with Crippen molar-refractivity contribution in [2.75, 3.05) is 0 Å². The highest BCUT2D eigenvalue weighted by Gasteiger charge is 2.20. The zero-order valence-corrected chi connectivity index (χ0v) is 12.0. The van der Waals surface area contributed by atoms with Gasteiger partial charge in [-0.1, -0.05) is 23.4 Å². The summed E-state index contributed by atoms with van der Waals surface area (Å²) in [6, 6.07) is 8.44. The van der Waals surface area contributed by atoms with Crippen LogP contribution < -0.4 is 5.32 Å². The van der Waals surface area contributed by atoms with E-state index >= 15 is 0 Å². The predicted octanol–water partition coefficient (Wildman–Crippen LogP) is 3.87. The van der Waals surface area contributed by atoms with Crippen LogP contribution in [0.3, 0.4) is 0 Å². The number of hydrogen-bond donors (Lipinski definition) is 1. The van der Waals surface area contributed by atoms with E-state index in [0.29, 0.717) is 11.1 Å². The van der Waals surface area contributed by atoms with E-state index in [9.17, 15) is 0 Å². The first kappa shape index (κ1) is 13.0. The minimum Gasteiger partial charge on any atom is -0.464 e. The lowest BCUT2D eigenvalue weighted by atomic mass is 10.4. The van der Waals surface area contributed by atoms with Crippen LogP contribution in [-0.4, -0.2) is 11.0 Å². The summed E-state index contributed by atoms with van der Waals surface area (Å²) in [5.74, 6) is 2.70. The highest BCUT2D eigenvalue weighted by Crippen LogP contribution is 2.28. The summed E-state index contributed by atoms with van der Waals surface area (Å²) >= 11 is 7.66. The Bertz CT molecular complexity index is 554. The van der Waals surface area contributed by atoms with E-state index in [4.69, 9.17) is 16.0 Å². The van der Waals surface area contributed by atoms with E-state index in [-0.39, 0.29) is 0 Å². The van der Waals surface area contributed by atoms with Gasteiger partial charge in [-0.25, -0.2) is 4.98 Å². The van der Waals surface area contributed by atoms with Crippen LogP contribution in [-0.2, 0) is 12.3 Å². The minimum atomic E-state index is 0.690. The first-order chi connectivity index (χ1) is 9.31. The molecule has 1 aliphatic rings. The van der Waals surface area contributed by atoms with Gasteiger partial charge in [-0.3, -0.25) is 0 Å². The molecule has 5 heteroatoms. The molecule has 0 saturated heterocycles. The van der Waals surface area contributed by atoms with Crippen molar-refractivity contribution in [3.63, 3.8) is 0 Å². The monoisotopic (exact) mass is 294 g/mol. The molecule has 1 fully saturated rings. The molecule has 1 aliphatic carbocycles. The maximum atomic E-state index is 6.06. The van der Waals surface area contributed by atoms with Crippen molar-refractivity contribution < 1.29 is 4.42 Å². The van der Waals surface area contributed by atoms with Gasteiger partial charge in [0.2, 0.25) is 0 Å². The van der Waals surface area contributed by atoms with E-state index in [0.717, 1.165) is 28.8 Å². The molecule has 100 valence electrons. The summed E-state index contributed by atoms with van der Waals surface area (Å²) < 4.78 is 5.77. The number of halogens is 1. The second-order valence-electron chi connectivity index (χ2n) is 4.60. The van der Waals surface area contributed by atoms with Gasteiger partial charge in [0.05, 0.1) is 17.3 Å². The van der Waals surface area contributed by atoms with Gasteiger partial charge in [0.1, 0.15) is 16.5 Å². The van der Waals surface area contributed by atoms with Gasteiger partial charge in [0.25, 0.3) is 0 Å². The molecule has 2 aromatic rings. The van der Waals surface area contributed by atoms with Crippen LogP contribution in [0.2, 0.25) is 5.02 Å². The van der Waals surface area contributed by atoms with Crippen LogP contribution >= 0.6 is 23.4 Å². The average Bonchev–Trinajstić information content (AvgIpc) is 3.14. The van der Waals surface area contributed by atoms with Gasteiger partial charge in [-0.2, -0.15) is 0 Å². The van der Waals surface area contributed by atoms with Gasteiger partial charge in [-0.05, 0) is 37.1 Å². The van der Waals surface area contributed by atoms with E-state index in [2.05, 4.69) is 10.3 Å². The molecule has 1 saturated carbocycles. The maximum absolute atomic E-state index is 6.06. The molecule has 0 aromatic carbocycles. The molecule has 2 aromatic heterocycles. The number of hydrogen-bond acceptors (Lipinski definition) is 4. The molecule has 0 bridgehead atoms. The number of nitrogens with one attached hydrogen (secondary N) is 1. The van der Waals surface area contributed by atoms with Crippen LogP contribution in [0.25, 0.3) is 0 Å².